The van der Waals surface area contributed by atoms with Gasteiger partial charge < -0.3 is 0 Å². The third-order valence-electron chi connectivity index (χ3n) is 6.46. The molecule has 3 aliphatic rings. The number of aldehydes is 1. The zero-order valence-electron chi connectivity index (χ0n) is 15.8. The first-order chi connectivity index (χ1) is 11.4. The van der Waals surface area contributed by atoms with E-state index in [2.05, 4.69) is 39.8 Å². The molecule has 3 aliphatic carbocycles. The van der Waals surface area contributed by atoms with Gasteiger partial charge in [-0.1, -0.05) is 48.3 Å². The molecule has 0 unspecified atom stereocenters. The van der Waals surface area contributed by atoms with Gasteiger partial charge in [0.05, 0.1) is 0 Å². The molecule has 0 amide bonds. The van der Waals surface area contributed by atoms with E-state index in [1.54, 1.807) is 16.7 Å². The summed E-state index contributed by atoms with van der Waals surface area (Å²) in [7, 11) is 0. The first-order valence-electron chi connectivity index (χ1n) is 9.66. The van der Waals surface area contributed by atoms with E-state index in [0.29, 0.717) is 17.3 Å². The molecule has 0 bridgehead atoms. The number of fused-ring (bicyclic) bond motifs is 1. The van der Waals surface area contributed by atoms with Gasteiger partial charge in [-0.25, -0.2) is 0 Å². The molecule has 2 atom stereocenters. The van der Waals surface area contributed by atoms with Crippen LogP contribution in [0.3, 0.4) is 0 Å². The second kappa shape index (κ2) is 6.86. The van der Waals surface area contributed by atoms with Crippen molar-refractivity contribution in [3.8, 4) is 0 Å². The topological polar surface area (TPSA) is 17.1 Å². The van der Waals surface area contributed by atoms with E-state index in [1.165, 1.54) is 49.7 Å². The van der Waals surface area contributed by atoms with Crippen molar-refractivity contribution < 1.29 is 4.79 Å². The molecule has 2 fully saturated rings. The summed E-state index contributed by atoms with van der Waals surface area (Å²) in [4.78, 5) is 10.8. The lowest BCUT2D eigenvalue weighted by molar-refractivity contribution is -0.104. The zero-order chi connectivity index (χ0) is 17.3. The Morgan fingerprint density at radius 2 is 1.92 bits per heavy atom. The maximum Gasteiger partial charge on any atom is 0.142 e. The Morgan fingerprint density at radius 1 is 1.12 bits per heavy atom. The van der Waals surface area contributed by atoms with Gasteiger partial charge in [0.15, 0.2) is 0 Å². The molecule has 0 heterocycles. The van der Waals surface area contributed by atoms with E-state index in [1.807, 2.05) is 6.08 Å². The van der Waals surface area contributed by atoms with Gasteiger partial charge in [-0.05, 0) is 87.7 Å². The molecule has 130 valence electrons. The molecular formula is C23H32O. The Kier molecular flexibility index (Phi) is 4.99. The lowest BCUT2D eigenvalue weighted by atomic mass is 9.72. The molecule has 0 aromatic heterocycles. The van der Waals surface area contributed by atoms with Crippen LogP contribution >= 0.6 is 0 Å². The first-order valence-corrected chi connectivity index (χ1v) is 9.66. The molecule has 0 spiro atoms. The number of carbonyl (C=O) groups excluding carboxylic acids is 1. The molecule has 0 N–H and O–H groups in total. The molecule has 1 nitrogen and oxygen atoms in total. The van der Waals surface area contributed by atoms with Crippen LogP contribution in [0.15, 0.2) is 46.1 Å². The van der Waals surface area contributed by atoms with Crippen LogP contribution in [0.4, 0.5) is 0 Å². The van der Waals surface area contributed by atoms with Crippen molar-refractivity contribution >= 4 is 6.29 Å². The lowest BCUT2D eigenvalue weighted by Crippen LogP contribution is -2.19. The molecule has 0 aromatic rings. The van der Waals surface area contributed by atoms with Gasteiger partial charge in [-0.2, -0.15) is 0 Å². The summed E-state index contributed by atoms with van der Waals surface area (Å²) in [5.74, 6) is 1.36. The van der Waals surface area contributed by atoms with Gasteiger partial charge in [0.1, 0.15) is 6.29 Å². The summed E-state index contributed by atoms with van der Waals surface area (Å²) in [6, 6.07) is 0. The van der Waals surface area contributed by atoms with Crippen LogP contribution in [-0.4, -0.2) is 6.29 Å². The van der Waals surface area contributed by atoms with Crippen molar-refractivity contribution in [2.24, 2.45) is 17.3 Å². The Balaban J connectivity index is 1.81. The van der Waals surface area contributed by atoms with Crippen molar-refractivity contribution in [3.05, 3.63) is 46.1 Å². The molecule has 0 radical (unpaired) electrons. The molecule has 0 aromatic carbocycles. The van der Waals surface area contributed by atoms with Crippen LogP contribution in [0.2, 0.25) is 0 Å². The molecule has 2 saturated carbocycles. The minimum absolute atomic E-state index is 0.315. The Bertz CT molecular complexity index is 639. The first kappa shape index (κ1) is 17.5. The Labute approximate surface area is 147 Å². The second-order valence-corrected chi connectivity index (χ2v) is 8.65. The minimum atomic E-state index is 0.315. The highest BCUT2D eigenvalue weighted by molar-refractivity contribution is 5.66. The average molecular weight is 325 g/mol. The number of carbonyl (C=O) groups is 1. The number of hydrogen-bond acceptors (Lipinski definition) is 1. The summed E-state index contributed by atoms with van der Waals surface area (Å²) in [6.45, 7) is 9.37. The van der Waals surface area contributed by atoms with E-state index in [9.17, 15) is 4.79 Å². The van der Waals surface area contributed by atoms with E-state index >= 15 is 0 Å². The highest BCUT2D eigenvalue weighted by atomic mass is 16.1. The van der Waals surface area contributed by atoms with Crippen molar-refractivity contribution in [1.82, 2.24) is 0 Å². The number of hydrogen-bond donors (Lipinski definition) is 0. The van der Waals surface area contributed by atoms with Gasteiger partial charge >= 0.3 is 0 Å². The van der Waals surface area contributed by atoms with Gasteiger partial charge in [0, 0.05) is 0 Å². The SMILES string of the molecule is CC1=C(/C=C/C(C)=C2\CCC/C(=C\C=O)[C@H]3C[C@@H]23)C(C)(C)CCC1. The largest absolute Gasteiger partial charge is 0.299 e. The number of allylic oxidation sites excluding steroid dienone is 8. The zero-order valence-corrected chi connectivity index (χ0v) is 15.8. The Morgan fingerprint density at radius 3 is 2.62 bits per heavy atom. The molecule has 0 saturated heterocycles. The lowest BCUT2D eigenvalue weighted by Gasteiger charge is -2.33. The van der Waals surface area contributed by atoms with E-state index in [4.69, 9.17) is 0 Å². The average Bonchev–Trinajstić information content (AvgIpc) is 3.29. The molecule has 0 aliphatic heterocycles. The van der Waals surface area contributed by atoms with Crippen LogP contribution in [-0.2, 0) is 4.79 Å². The highest BCUT2D eigenvalue weighted by Crippen LogP contribution is 2.54. The standard InChI is InChI=1S/C23H32O/c1-16(10-11-22-17(2)7-6-13-23(22,3)4)19-9-5-8-18(12-14-24)20-15-21(19)20/h10-12,14,20-21H,5-9,13,15H2,1-4H3/b11-10+,18-12+,19-16+/t20-,21+/m1/s1. The van der Waals surface area contributed by atoms with E-state index < -0.39 is 0 Å². The fraction of sp³-hybridized carbons (Fsp3) is 0.609. The summed E-state index contributed by atoms with van der Waals surface area (Å²) in [6.07, 6.45) is 16.2. The van der Waals surface area contributed by atoms with Crippen LogP contribution in [0, 0.1) is 17.3 Å². The molecule has 3 rings (SSSR count). The monoisotopic (exact) mass is 324 g/mol. The summed E-state index contributed by atoms with van der Waals surface area (Å²) < 4.78 is 0. The van der Waals surface area contributed by atoms with Gasteiger partial charge in [-0.3, -0.25) is 4.79 Å². The minimum Gasteiger partial charge on any atom is -0.299 e. The fourth-order valence-corrected chi connectivity index (χ4v) is 4.95. The third-order valence-corrected chi connectivity index (χ3v) is 6.46. The van der Waals surface area contributed by atoms with Crippen molar-refractivity contribution in [2.45, 2.75) is 72.6 Å². The summed E-state index contributed by atoms with van der Waals surface area (Å²) in [5, 5.41) is 0. The maximum atomic E-state index is 10.8. The van der Waals surface area contributed by atoms with Crippen LogP contribution in [0.1, 0.15) is 72.6 Å². The van der Waals surface area contributed by atoms with Crippen molar-refractivity contribution in [3.63, 3.8) is 0 Å². The normalized spacial score (nSPS) is 33.4. The molecule has 1 heteroatoms. The molecule has 24 heavy (non-hydrogen) atoms. The van der Waals surface area contributed by atoms with Crippen molar-refractivity contribution in [2.75, 3.05) is 0 Å². The van der Waals surface area contributed by atoms with Crippen LogP contribution in [0.5, 0.6) is 0 Å². The quantitative estimate of drug-likeness (QED) is 0.438. The van der Waals surface area contributed by atoms with Gasteiger partial charge in [0.2, 0.25) is 0 Å². The summed E-state index contributed by atoms with van der Waals surface area (Å²) in [5.41, 5.74) is 7.95. The number of rotatable bonds is 3. The van der Waals surface area contributed by atoms with Gasteiger partial charge in [-0.15, -0.1) is 0 Å². The fourth-order valence-electron chi connectivity index (χ4n) is 4.95. The highest BCUT2D eigenvalue weighted by Gasteiger charge is 2.43. The summed E-state index contributed by atoms with van der Waals surface area (Å²) >= 11 is 0. The second-order valence-electron chi connectivity index (χ2n) is 8.65. The van der Waals surface area contributed by atoms with E-state index in [0.717, 1.165) is 12.7 Å². The smallest absolute Gasteiger partial charge is 0.142 e. The predicted molar refractivity (Wildman–Crippen MR) is 102 cm³/mol. The van der Waals surface area contributed by atoms with E-state index in [-0.39, 0.29) is 0 Å². The Hall–Kier alpha value is -1.37. The predicted octanol–water partition coefficient (Wildman–Crippen LogP) is 6.33. The van der Waals surface area contributed by atoms with Crippen LogP contribution < -0.4 is 0 Å². The van der Waals surface area contributed by atoms with Gasteiger partial charge in [0.25, 0.3) is 0 Å². The molecular weight excluding hydrogens is 292 g/mol. The maximum absolute atomic E-state index is 10.8. The van der Waals surface area contributed by atoms with Crippen LogP contribution in [0.25, 0.3) is 0 Å². The third kappa shape index (κ3) is 3.50. The van der Waals surface area contributed by atoms with Crippen molar-refractivity contribution in [1.29, 1.82) is 0 Å².